The molecule has 6 heavy (non-hydrogen) atoms. The molecule has 0 spiro atoms. The van der Waals surface area contributed by atoms with Crippen molar-refractivity contribution >= 4 is 46.9 Å². The van der Waals surface area contributed by atoms with E-state index in [4.69, 9.17) is 0 Å². The first-order valence-corrected chi connectivity index (χ1v) is 1.20. The minimum atomic E-state index is 0. The van der Waals surface area contributed by atoms with Crippen LogP contribution in [0.4, 0.5) is 0 Å². The predicted molar refractivity (Wildman–Crippen MR) is 34.3 cm³/mol. The van der Waals surface area contributed by atoms with Crippen molar-refractivity contribution < 1.29 is 4.74 Å². The fourth-order valence-corrected chi connectivity index (χ4v) is 0. The summed E-state index contributed by atoms with van der Waals surface area (Å²) in [6, 6.07) is 0. The Hall–Kier alpha value is 1.49. The van der Waals surface area contributed by atoms with Gasteiger partial charge in [-0.05, 0) is 6.92 Å². The Bertz CT molecular complexity index is 12.8. The van der Waals surface area contributed by atoms with E-state index in [9.17, 15) is 0 Å². The van der Waals surface area contributed by atoms with E-state index in [2.05, 4.69) is 11.7 Å². The van der Waals surface area contributed by atoms with Crippen LogP contribution >= 0.6 is 0 Å². The Labute approximate surface area is 71.9 Å². The number of hydrogen-bond donors (Lipinski definition) is 0. The Kier molecular flexibility index (Phi) is 41.9. The molecule has 0 N–H and O–H groups in total. The van der Waals surface area contributed by atoms with Crippen LogP contribution in [0.3, 0.4) is 0 Å². The average Bonchev–Trinajstić information content (AvgIpc) is 1.37. The van der Waals surface area contributed by atoms with Gasteiger partial charge in [-0.3, -0.25) is 0 Å². The van der Waals surface area contributed by atoms with E-state index < -0.39 is 0 Å². The van der Waals surface area contributed by atoms with Crippen molar-refractivity contribution in [1.82, 2.24) is 0 Å². The molecule has 0 heterocycles. The molecule has 0 rings (SSSR count). The van der Waals surface area contributed by atoms with Crippen molar-refractivity contribution in [3.05, 3.63) is 6.92 Å². The van der Waals surface area contributed by atoms with Crippen LogP contribution in [0.2, 0.25) is 0 Å². The fraction of sp³-hybridized carbons (Fsp3) is 0.667. The molecule has 0 aliphatic rings. The van der Waals surface area contributed by atoms with Crippen molar-refractivity contribution in [1.29, 1.82) is 0 Å². The van der Waals surface area contributed by atoms with Crippen LogP contribution < -0.4 is 0 Å². The Morgan fingerprint density at radius 2 is 1.83 bits per heavy atom. The third kappa shape index (κ3) is 17.8. The van der Waals surface area contributed by atoms with E-state index in [0.29, 0.717) is 6.61 Å². The summed E-state index contributed by atoms with van der Waals surface area (Å²) in [6.45, 7) is 3.95. The van der Waals surface area contributed by atoms with E-state index in [1.807, 2.05) is 0 Å². The van der Waals surface area contributed by atoms with Crippen molar-refractivity contribution in [3.8, 4) is 0 Å². The van der Waals surface area contributed by atoms with Crippen LogP contribution in [0.15, 0.2) is 0 Å². The quantitative estimate of drug-likeness (QED) is 0.381. The van der Waals surface area contributed by atoms with Crippen LogP contribution in [0, 0.1) is 6.92 Å². The zero-order valence-electron chi connectivity index (χ0n) is 2.82. The molecule has 0 aromatic rings. The molecule has 0 amide bonds. The summed E-state index contributed by atoms with van der Waals surface area (Å²) in [5, 5.41) is 0. The van der Waals surface area contributed by atoms with Gasteiger partial charge in [-0.2, -0.15) is 0 Å². The maximum atomic E-state index is 4.43. The molecule has 1 nitrogen and oxygen atoms in total. The van der Waals surface area contributed by atoms with Gasteiger partial charge in [-0.15, -0.1) is 0 Å². The molecule has 0 saturated carbocycles. The topological polar surface area (TPSA) is 9.23 Å². The molecule has 0 saturated heterocycles. The molecule has 0 aliphatic heterocycles. The van der Waals surface area contributed by atoms with Gasteiger partial charge in [-0.1, -0.05) is 0 Å². The summed E-state index contributed by atoms with van der Waals surface area (Å²) in [4.78, 5) is 0. The second-order valence-electron chi connectivity index (χ2n) is 0.493. The van der Waals surface area contributed by atoms with Gasteiger partial charge in [0.1, 0.15) is 0 Å². The van der Waals surface area contributed by atoms with E-state index in [0.717, 1.165) is 0 Å². The van der Waals surface area contributed by atoms with E-state index >= 15 is 0 Å². The SMILES string of the molecule is [AlH3].[CH2]COC.[NaH]. The van der Waals surface area contributed by atoms with Crippen molar-refractivity contribution in [2.75, 3.05) is 13.7 Å². The Morgan fingerprint density at radius 1 is 1.67 bits per heavy atom. The summed E-state index contributed by atoms with van der Waals surface area (Å²) >= 11 is 0. The summed E-state index contributed by atoms with van der Waals surface area (Å²) in [7, 11) is 1.62. The second kappa shape index (κ2) is 16.1. The normalized spacial score (nSPS) is 5.00. The third-order valence-electron chi connectivity index (χ3n) is 0.204. The summed E-state index contributed by atoms with van der Waals surface area (Å²) in [5.41, 5.74) is 0. The van der Waals surface area contributed by atoms with Gasteiger partial charge >= 0.3 is 29.6 Å². The van der Waals surface area contributed by atoms with Crippen molar-refractivity contribution in [2.24, 2.45) is 0 Å². The Balaban J connectivity index is -0.0000000450. The molecule has 3 heteroatoms. The van der Waals surface area contributed by atoms with Crippen molar-refractivity contribution in [3.63, 3.8) is 0 Å². The van der Waals surface area contributed by atoms with Crippen LogP contribution in [-0.2, 0) is 4.74 Å². The van der Waals surface area contributed by atoms with Gasteiger partial charge in [-0.25, -0.2) is 0 Å². The predicted octanol–water partition coefficient (Wildman–Crippen LogP) is -1.37. The third-order valence-corrected chi connectivity index (χ3v) is 0.204. The summed E-state index contributed by atoms with van der Waals surface area (Å²) in [5.74, 6) is 0. The number of methoxy groups -OCH3 is 1. The number of ether oxygens (including phenoxy) is 1. The van der Waals surface area contributed by atoms with Crippen LogP contribution in [-0.4, -0.2) is 60.6 Å². The standard InChI is InChI=1S/C3H7O.Al.Na.4H/c1-3-4-2;;;;;;/h1,3H2,2H3;;;;;;. The van der Waals surface area contributed by atoms with E-state index in [1.165, 1.54) is 0 Å². The van der Waals surface area contributed by atoms with Gasteiger partial charge in [0, 0.05) is 13.7 Å². The van der Waals surface area contributed by atoms with Crippen LogP contribution in [0.5, 0.6) is 0 Å². The van der Waals surface area contributed by atoms with Gasteiger partial charge < -0.3 is 4.74 Å². The molecule has 0 unspecified atom stereocenters. The summed E-state index contributed by atoms with van der Waals surface area (Å²) in [6.07, 6.45) is 0. The average molecular weight is 113 g/mol. The molecule has 0 fully saturated rings. The fourth-order valence-electron chi connectivity index (χ4n) is 0. The molecule has 0 atom stereocenters. The molecule has 1 radical (unpaired) electrons. The first-order chi connectivity index (χ1) is 1.91. The van der Waals surface area contributed by atoms with Gasteiger partial charge in [0.2, 0.25) is 0 Å². The Morgan fingerprint density at radius 3 is 1.83 bits per heavy atom. The van der Waals surface area contributed by atoms with Gasteiger partial charge in [0.15, 0.2) is 17.4 Å². The summed E-state index contributed by atoms with van der Waals surface area (Å²) < 4.78 is 4.43. The van der Waals surface area contributed by atoms with Crippen molar-refractivity contribution in [2.45, 2.75) is 0 Å². The zero-order valence-corrected chi connectivity index (χ0v) is 2.82. The minimum absolute atomic E-state index is 0. The number of hydrogen-bond acceptors (Lipinski definition) is 1. The molecule has 0 aromatic heterocycles. The molecular formula is C3H11AlNaO. The second-order valence-corrected chi connectivity index (χ2v) is 0.493. The zero-order chi connectivity index (χ0) is 3.41. The molecule has 0 bridgehead atoms. The van der Waals surface area contributed by atoms with E-state index in [1.54, 1.807) is 7.11 Å². The van der Waals surface area contributed by atoms with Gasteiger partial charge in [0.25, 0.3) is 0 Å². The van der Waals surface area contributed by atoms with Gasteiger partial charge in [0.05, 0.1) is 0 Å². The molecule has 0 aliphatic carbocycles. The first-order valence-electron chi connectivity index (χ1n) is 1.20. The van der Waals surface area contributed by atoms with Crippen LogP contribution in [0.25, 0.3) is 0 Å². The monoisotopic (exact) mass is 113 g/mol. The van der Waals surface area contributed by atoms with Crippen LogP contribution in [0.1, 0.15) is 0 Å². The first kappa shape index (κ1) is 15.6. The molecular weight excluding hydrogens is 102 g/mol. The number of rotatable bonds is 1. The maximum absolute atomic E-state index is 4.43. The molecule has 33 valence electrons. The molecule has 0 aromatic carbocycles. The van der Waals surface area contributed by atoms with E-state index in [-0.39, 0.29) is 46.9 Å².